The molecule has 0 saturated carbocycles. The number of hydrogen-bond donors (Lipinski definition) is 2. The quantitative estimate of drug-likeness (QED) is 0.607. The minimum absolute atomic E-state index is 0.224. The average molecular weight is 267 g/mol. The Morgan fingerprint density at radius 1 is 1.58 bits per heavy atom. The van der Waals surface area contributed by atoms with Gasteiger partial charge in [-0.05, 0) is 37.1 Å². The molecule has 0 aromatic carbocycles. The van der Waals surface area contributed by atoms with Crippen molar-refractivity contribution in [2.75, 3.05) is 0 Å². The Kier molecular flexibility index (Phi) is 3.02. The van der Waals surface area contributed by atoms with E-state index in [9.17, 15) is 14.7 Å². The van der Waals surface area contributed by atoms with E-state index in [1.54, 1.807) is 0 Å². The van der Waals surface area contributed by atoms with Crippen LogP contribution < -0.4 is 0 Å². The molecule has 2 N–H and O–H groups in total. The molecule has 1 aliphatic carbocycles. The lowest BCUT2D eigenvalue weighted by molar-refractivity contribution is -0.131. The Hall–Kier alpha value is -1.68. The zero-order valence-corrected chi connectivity index (χ0v) is 11.2. The van der Waals surface area contributed by atoms with E-state index in [0.29, 0.717) is 5.57 Å². The number of allylic oxidation sites excluding steroid dienone is 3. The molecule has 4 heteroatoms. The van der Waals surface area contributed by atoms with Crippen LogP contribution >= 0.6 is 0 Å². The summed E-state index contributed by atoms with van der Waals surface area (Å²) in [5.74, 6) is -1.49. The van der Waals surface area contributed by atoms with Crippen LogP contribution in [0.3, 0.4) is 0 Å². The predicted molar refractivity (Wildman–Crippen MR) is 72.6 cm³/mol. The number of aliphatic hydroxyl groups is 1. The Balaban J connectivity index is 3.41. The summed E-state index contributed by atoms with van der Waals surface area (Å²) in [7, 11) is 0. The minimum Gasteiger partial charge on any atom is -0.478 e. The molecule has 4 nitrogen and oxygen atoms in total. The maximum Gasteiger partial charge on any atom is 0.328 e. The van der Waals surface area contributed by atoms with Gasteiger partial charge in [-0.2, -0.15) is 0 Å². The summed E-state index contributed by atoms with van der Waals surface area (Å²) < 4.78 is 23.1. The number of carbonyl (C=O) groups is 2. The minimum atomic E-state index is -2.57. The molecule has 0 aliphatic heterocycles. The molecule has 104 valence electrons. The van der Waals surface area contributed by atoms with Gasteiger partial charge in [-0.1, -0.05) is 19.9 Å². The highest BCUT2D eigenvalue weighted by Gasteiger charge is 2.46. The van der Waals surface area contributed by atoms with Gasteiger partial charge < -0.3 is 10.2 Å². The first-order valence-electron chi connectivity index (χ1n) is 7.38. The van der Waals surface area contributed by atoms with Gasteiger partial charge in [0.15, 0.2) is 5.78 Å². The highest BCUT2D eigenvalue weighted by molar-refractivity contribution is 5.92. The van der Waals surface area contributed by atoms with Gasteiger partial charge in [0.25, 0.3) is 0 Å². The maximum atomic E-state index is 11.8. The highest BCUT2D eigenvalue weighted by Crippen LogP contribution is 2.44. The predicted octanol–water partition coefficient (Wildman–Crippen LogP) is 2.25. The molecule has 0 spiro atoms. The van der Waals surface area contributed by atoms with Crippen LogP contribution in [0, 0.1) is 5.41 Å². The molecule has 19 heavy (non-hydrogen) atoms. The molecule has 0 amide bonds. The molecular weight excluding hydrogens is 244 g/mol. The molecule has 1 aliphatic rings. The number of rotatable bonds is 3. The van der Waals surface area contributed by atoms with E-state index in [-0.39, 0.29) is 17.8 Å². The van der Waals surface area contributed by atoms with E-state index in [1.165, 1.54) is 39.0 Å². The molecule has 1 rings (SSSR count). The number of ketones is 1. The Morgan fingerprint density at radius 2 is 2.21 bits per heavy atom. The summed E-state index contributed by atoms with van der Waals surface area (Å²) in [6, 6.07) is 0. The van der Waals surface area contributed by atoms with Gasteiger partial charge in [0, 0.05) is 22.0 Å². The monoisotopic (exact) mass is 267 g/mol. The van der Waals surface area contributed by atoms with Crippen LogP contribution in [0.5, 0.6) is 0 Å². The molecule has 0 aromatic heterocycles. The van der Waals surface area contributed by atoms with Crippen LogP contribution in [0.25, 0.3) is 0 Å². The fourth-order valence-corrected chi connectivity index (χ4v) is 2.13. The van der Waals surface area contributed by atoms with Gasteiger partial charge in [-0.15, -0.1) is 0 Å². The first kappa shape index (κ1) is 11.2. The van der Waals surface area contributed by atoms with E-state index in [1.807, 2.05) is 0 Å². The van der Waals surface area contributed by atoms with Crippen LogP contribution in [-0.2, 0) is 9.59 Å². The standard InChI is InChI=1S/C15H20O4/c1-10(7-13(17)18)5-6-15(19)11(2)8-12(16)9-14(15,3)4/h5-8,19H,9H2,1-4H3,(H,17,18)/b6-5+,10-7-/t15-/m1/s1/i3D3/t14-,15-. The number of carbonyl (C=O) groups excluding carboxylic acids is 1. The van der Waals surface area contributed by atoms with E-state index in [4.69, 9.17) is 9.22 Å². The van der Waals surface area contributed by atoms with Crippen LogP contribution in [0.1, 0.15) is 38.2 Å². The number of aliphatic carboxylic acids is 1. The number of carboxylic acids is 1. The van der Waals surface area contributed by atoms with Gasteiger partial charge in [0.05, 0.1) is 0 Å². The Morgan fingerprint density at radius 3 is 2.74 bits per heavy atom. The summed E-state index contributed by atoms with van der Waals surface area (Å²) in [4.78, 5) is 22.4. The van der Waals surface area contributed by atoms with Gasteiger partial charge in [0.2, 0.25) is 0 Å². The first-order valence-corrected chi connectivity index (χ1v) is 5.88. The molecule has 0 radical (unpaired) electrons. The van der Waals surface area contributed by atoms with Crippen molar-refractivity contribution in [1.29, 1.82) is 0 Å². The van der Waals surface area contributed by atoms with E-state index in [0.717, 1.165) is 6.08 Å². The van der Waals surface area contributed by atoms with Crippen molar-refractivity contribution < 1.29 is 23.9 Å². The second-order valence-corrected chi connectivity index (χ2v) is 5.13. The van der Waals surface area contributed by atoms with Crippen molar-refractivity contribution in [1.82, 2.24) is 0 Å². The summed E-state index contributed by atoms with van der Waals surface area (Å²) in [5, 5.41) is 19.6. The van der Waals surface area contributed by atoms with Gasteiger partial charge in [0.1, 0.15) is 5.60 Å². The number of carboxylic acid groups (broad SMARTS) is 1. The van der Waals surface area contributed by atoms with Crippen molar-refractivity contribution >= 4 is 11.8 Å². The third kappa shape index (κ3) is 3.20. The topological polar surface area (TPSA) is 74.6 Å². The zero-order valence-electron chi connectivity index (χ0n) is 14.2. The molecule has 0 heterocycles. The zero-order chi connectivity index (χ0) is 17.3. The van der Waals surface area contributed by atoms with Crippen LogP contribution in [0.15, 0.2) is 35.5 Å². The normalized spacial score (nSPS) is 35.6. The third-order valence-corrected chi connectivity index (χ3v) is 3.29. The summed E-state index contributed by atoms with van der Waals surface area (Å²) in [6.45, 7) is 1.78. The molecule has 0 unspecified atom stereocenters. The molecule has 0 aromatic rings. The highest BCUT2D eigenvalue weighted by atomic mass is 16.4. The average Bonchev–Trinajstić information content (AvgIpc) is 2.31. The lowest BCUT2D eigenvalue weighted by Gasteiger charge is -2.43. The lowest BCUT2D eigenvalue weighted by atomic mass is 9.64. The smallest absolute Gasteiger partial charge is 0.328 e. The Labute approximate surface area is 117 Å². The van der Waals surface area contributed by atoms with Crippen molar-refractivity contribution in [2.45, 2.75) is 39.6 Å². The molecule has 0 fully saturated rings. The summed E-state index contributed by atoms with van der Waals surface area (Å²) >= 11 is 0. The SMILES string of the molecule is [2H]C([2H])([2H])[C@@]1(C)CC(=O)C=C(C)[C@]1(O)/C=C/C(C)=C\C(=O)O. The largest absolute Gasteiger partial charge is 0.478 e. The van der Waals surface area contributed by atoms with Crippen molar-refractivity contribution in [3.05, 3.63) is 35.5 Å². The summed E-state index contributed by atoms with van der Waals surface area (Å²) in [6.07, 6.45) is 4.47. The van der Waals surface area contributed by atoms with Crippen molar-refractivity contribution in [3.63, 3.8) is 0 Å². The third-order valence-electron chi connectivity index (χ3n) is 3.29. The number of hydrogen-bond acceptors (Lipinski definition) is 3. The first-order chi connectivity index (χ1) is 9.83. The maximum absolute atomic E-state index is 11.8. The molecular formula is C15H20O4. The fourth-order valence-electron chi connectivity index (χ4n) is 2.13. The van der Waals surface area contributed by atoms with Gasteiger partial charge in [-0.25, -0.2) is 4.79 Å². The lowest BCUT2D eigenvalue weighted by Crippen LogP contribution is -2.48. The second kappa shape index (κ2) is 5.13. The van der Waals surface area contributed by atoms with Crippen molar-refractivity contribution in [2.24, 2.45) is 5.41 Å². The van der Waals surface area contributed by atoms with Crippen LogP contribution in [0.2, 0.25) is 0 Å². The molecule has 2 atom stereocenters. The van der Waals surface area contributed by atoms with Gasteiger partial charge in [-0.3, -0.25) is 4.79 Å². The second-order valence-electron chi connectivity index (χ2n) is 5.13. The fraction of sp³-hybridized carbons (Fsp3) is 0.467. The van der Waals surface area contributed by atoms with Crippen molar-refractivity contribution in [3.8, 4) is 0 Å². The van der Waals surface area contributed by atoms with E-state index >= 15 is 0 Å². The summed E-state index contributed by atoms with van der Waals surface area (Å²) in [5.41, 5.74) is -2.98. The van der Waals surface area contributed by atoms with Gasteiger partial charge >= 0.3 is 5.97 Å². The molecule has 0 bridgehead atoms. The van der Waals surface area contributed by atoms with E-state index < -0.39 is 23.8 Å². The molecule has 0 saturated heterocycles. The van der Waals surface area contributed by atoms with Crippen LogP contribution in [-0.4, -0.2) is 27.6 Å². The van der Waals surface area contributed by atoms with Crippen LogP contribution in [0.4, 0.5) is 0 Å². The Bertz CT molecular complexity index is 586. The van der Waals surface area contributed by atoms with E-state index in [2.05, 4.69) is 0 Å².